The van der Waals surface area contributed by atoms with Crippen LogP contribution in [0.25, 0.3) is 0 Å². The minimum atomic E-state index is -1.49. The lowest BCUT2D eigenvalue weighted by Gasteiger charge is -2.47. The number of carbonyl (C=O) groups excluding carboxylic acids is 4. The highest BCUT2D eigenvalue weighted by atomic mass is 32.2. The molecule has 11 nitrogen and oxygen atoms in total. The maximum atomic E-state index is 13.6. The number of carbonyl (C=O) groups is 5. The summed E-state index contributed by atoms with van der Waals surface area (Å²) in [7, 11) is 0. The van der Waals surface area contributed by atoms with Crippen molar-refractivity contribution >= 4 is 46.9 Å². The zero-order valence-corrected chi connectivity index (χ0v) is 23.8. The van der Waals surface area contributed by atoms with Gasteiger partial charge in [-0.2, -0.15) is 0 Å². The Bertz CT molecular complexity index is 1520. The van der Waals surface area contributed by atoms with Crippen molar-refractivity contribution in [2.75, 3.05) is 30.4 Å². The minimum absolute atomic E-state index is 0.0267. The van der Waals surface area contributed by atoms with Crippen LogP contribution in [-0.4, -0.2) is 76.5 Å². The van der Waals surface area contributed by atoms with Crippen LogP contribution in [0.4, 0.5) is 14.5 Å². The van der Waals surface area contributed by atoms with Crippen molar-refractivity contribution in [1.29, 1.82) is 0 Å². The fourth-order valence-corrected chi connectivity index (χ4v) is 5.51. The number of nitrogens with one attached hydrogen (secondary N) is 2. The van der Waals surface area contributed by atoms with E-state index in [-0.39, 0.29) is 17.4 Å². The first-order valence-electron chi connectivity index (χ1n) is 13.2. The van der Waals surface area contributed by atoms with Crippen LogP contribution in [0.5, 0.6) is 5.75 Å². The number of hydrogen-bond donors (Lipinski definition) is 4. The van der Waals surface area contributed by atoms with Crippen molar-refractivity contribution in [2.45, 2.75) is 17.3 Å². The van der Waals surface area contributed by atoms with Gasteiger partial charge >= 0.3 is 5.97 Å². The van der Waals surface area contributed by atoms with Gasteiger partial charge in [-0.3, -0.25) is 19.2 Å². The van der Waals surface area contributed by atoms with Crippen molar-refractivity contribution in [3.8, 4) is 5.75 Å². The Hall–Kier alpha value is -4.82. The molecule has 0 aliphatic carbocycles. The number of aliphatic carboxylic acids is 1. The van der Waals surface area contributed by atoms with Gasteiger partial charge in [-0.05, 0) is 66.2 Å². The number of rotatable bonds is 14. The molecule has 0 radical (unpaired) electrons. The van der Waals surface area contributed by atoms with E-state index < -0.39 is 66.5 Å². The van der Waals surface area contributed by atoms with Crippen LogP contribution in [0.1, 0.15) is 22.0 Å². The molecule has 230 valence electrons. The molecule has 0 aromatic heterocycles. The molecule has 0 saturated carbocycles. The number of hydrogen-bond acceptors (Lipinski definition) is 8. The SMILES string of the molecule is O=C(COc1ccc([C@@H]2[C@@H](SCC(=O)c3ccc(F)cc3)C(=O)N2c2ccc(F)cc2)cc1)NCC(=O)N[C@H](CO)C(=O)O. The second-order valence-corrected chi connectivity index (χ2v) is 10.7. The number of ketones is 1. The van der Waals surface area contributed by atoms with Crippen molar-refractivity contribution in [3.05, 3.63) is 95.6 Å². The molecule has 3 atom stereocenters. The predicted octanol–water partition coefficient (Wildman–Crippen LogP) is 2.09. The van der Waals surface area contributed by atoms with E-state index in [0.29, 0.717) is 22.6 Å². The van der Waals surface area contributed by atoms with Crippen molar-refractivity contribution in [2.24, 2.45) is 0 Å². The number of nitrogens with zero attached hydrogens (tertiary/aromatic N) is 1. The summed E-state index contributed by atoms with van der Waals surface area (Å²) in [5.41, 5.74) is 1.47. The van der Waals surface area contributed by atoms with Crippen molar-refractivity contribution < 1.29 is 47.7 Å². The number of halogens is 2. The van der Waals surface area contributed by atoms with Gasteiger partial charge in [0.15, 0.2) is 12.4 Å². The monoisotopic (exact) mass is 627 g/mol. The third kappa shape index (κ3) is 7.96. The summed E-state index contributed by atoms with van der Waals surface area (Å²) < 4.78 is 32.3. The number of thioether (sulfide) groups is 1. The minimum Gasteiger partial charge on any atom is -0.484 e. The highest BCUT2D eigenvalue weighted by molar-refractivity contribution is 8.01. The lowest BCUT2D eigenvalue weighted by molar-refractivity contribution is -0.142. The molecule has 1 heterocycles. The average Bonchev–Trinajstić information content (AvgIpc) is 3.01. The Morgan fingerprint density at radius 3 is 2.11 bits per heavy atom. The summed E-state index contributed by atoms with van der Waals surface area (Å²) in [6.07, 6.45) is 0. The van der Waals surface area contributed by atoms with Crippen molar-refractivity contribution in [1.82, 2.24) is 10.6 Å². The summed E-state index contributed by atoms with van der Waals surface area (Å²) in [6.45, 7) is -1.79. The first kappa shape index (κ1) is 32.1. The Labute approximate surface area is 254 Å². The smallest absolute Gasteiger partial charge is 0.328 e. The third-order valence-corrected chi connectivity index (χ3v) is 7.81. The van der Waals surface area contributed by atoms with Crippen LogP contribution in [0.15, 0.2) is 72.8 Å². The number of anilines is 1. The number of amides is 3. The van der Waals surface area contributed by atoms with Crippen LogP contribution in [0.2, 0.25) is 0 Å². The van der Waals surface area contributed by atoms with E-state index in [1.165, 1.54) is 53.4 Å². The zero-order valence-electron chi connectivity index (χ0n) is 22.9. The first-order valence-corrected chi connectivity index (χ1v) is 14.2. The fourth-order valence-electron chi connectivity index (χ4n) is 4.29. The number of carboxylic acid groups (broad SMARTS) is 1. The van der Waals surface area contributed by atoms with Crippen LogP contribution in [0.3, 0.4) is 0 Å². The average molecular weight is 628 g/mol. The van der Waals surface area contributed by atoms with Crippen LogP contribution in [0, 0.1) is 11.6 Å². The van der Waals surface area contributed by atoms with Gasteiger partial charge in [-0.1, -0.05) is 12.1 Å². The van der Waals surface area contributed by atoms with Gasteiger partial charge in [-0.25, -0.2) is 13.6 Å². The Morgan fingerprint density at radius 1 is 0.909 bits per heavy atom. The molecule has 3 aromatic carbocycles. The summed E-state index contributed by atoms with van der Waals surface area (Å²) in [4.78, 5) is 62.1. The summed E-state index contributed by atoms with van der Waals surface area (Å²) >= 11 is 1.14. The molecule has 1 fully saturated rings. The Kier molecular flexibility index (Phi) is 10.6. The number of aliphatic hydroxyl groups excluding tert-OH is 1. The molecule has 4 rings (SSSR count). The molecular weight excluding hydrogens is 600 g/mol. The molecule has 4 N–H and O–H groups in total. The van der Waals surface area contributed by atoms with Crippen LogP contribution in [-0.2, 0) is 19.2 Å². The standard InChI is InChI=1S/C30H27F2N3O8S/c31-19-5-1-17(2-6-19)24(37)16-44-28-27(35(29(28)40)21-9-7-20(32)8-10-21)18-3-11-22(12-4-18)43-15-26(39)33-13-25(38)34-23(14-36)30(41)42/h1-12,23,27-28,36H,13-16H2,(H,33,39)(H,34,38)(H,41,42)/t23-,27-,28-/m1/s1. The highest BCUT2D eigenvalue weighted by Gasteiger charge is 2.49. The van der Waals surface area contributed by atoms with E-state index in [0.717, 1.165) is 11.8 Å². The highest BCUT2D eigenvalue weighted by Crippen LogP contribution is 2.45. The molecule has 3 amide bonds. The Morgan fingerprint density at radius 2 is 1.52 bits per heavy atom. The van der Waals surface area contributed by atoms with Crippen LogP contribution < -0.4 is 20.3 Å². The molecule has 1 aliphatic heterocycles. The lowest BCUT2D eigenvalue weighted by atomic mass is 9.92. The van der Waals surface area contributed by atoms with Gasteiger partial charge in [0, 0.05) is 11.3 Å². The lowest BCUT2D eigenvalue weighted by Crippen LogP contribution is -2.57. The van der Waals surface area contributed by atoms with E-state index in [1.54, 1.807) is 24.3 Å². The number of β-lactam (4-membered cyclic amide) rings is 1. The molecule has 14 heteroatoms. The molecule has 0 spiro atoms. The first-order chi connectivity index (χ1) is 21.1. The normalized spacial score (nSPS) is 16.4. The summed E-state index contributed by atoms with van der Waals surface area (Å²) in [6, 6.07) is 15.1. The molecule has 0 bridgehead atoms. The van der Waals surface area contributed by atoms with E-state index in [1.807, 2.05) is 5.32 Å². The Balaban J connectivity index is 1.38. The molecule has 44 heavy (non-hydrogen) atoms. The van der Waals surface area contributed by atoms with Gasteiger partial charge in [0.1, 0.15) is 28.7 Å². The summed E-state index contributed by atoms with van der Waals surface area (Å²) in [5.74, 6) is -4.08. The fraction of sp³-hybridized carbons (Fsp3) is 0.233. The zero-order chi connectivity index (χ0) is 31.8. The van der Waals surface area contributed by atoms with Gasteiger partial charge in [0.2, 0.25) is 11.8 Å². The molecule has 1 saturated heterocycles. The van der Waals surface area contributed by atoms with E-state index in [9.17, 15) is 32.8 Å². The van der Waals surface area contributed by atoms with Gasteiger partial charge in [-0.15, -0.1) is 11.8 Å². The van der Waals surface area contributed by atoms with Gasteiger partial charge in [0.05, 0.1) is 24.9 Å². The second-order valence-electron chi connectivity index (χ2n) is 9.57. The topological polar surface area (TPSA) is 162 Å². The largest absolute Gasteiger partial charge is 0.484 e. The second kappa shape index (κ2) is 14.6. The summed E-state index contributed by atoms with van der Waals surface area (Å²) in [5, 5.41) is 21.5. The maximum absolute atomic E-state index is 13.6. The van der Waals surface area contributed by atoms with Crippen molar-refractivity contribution in [3.63, 3.8) is 0 Å². The quantitative estimate of drug-likeness (QED) is 0.155. The molecular formula is C30H27F2N3O8S. The number of carboxylic acids is 1. The molecule has 1 aliphatic rings. The predicted molar refractivity (Wildman–Crippen MR) is 155 cm³/mol. The number of Topliss-reactive ketones (excluding diaryl/α,β-unsaturated/α-hetero) is 1. The van der Waals surface area contributed by atoms with E-state index >= 15 is 0 Å². The van der Waals surface area contributed by atoms with Gasteiger partial charge in [0.25, 0.3) is 5.91 Å². The van der Waals surface area contributed by atoms with Gasteiger partial charge < -0.3 is 30.5 Å². The molecule has 3 aromatic rings. The number of benzene rings is 3. The number of ether oxygens (including phenoxy) is 1. The maximum Gasteiger partial charge on any atom is 0.328 e. The number of aliphatic hydroxyl groups is 1. The van der Waals surface area contributed by atoms with Crippen LogP contribution >= 0.6 is 11.8 Å². The van der Waals surface area contributed by atoms with E-state index in [4.69, 9.17) is 14.9 Å². The molecule has 0 unspecified atom stereocenters. The van der Waals surface area contributed by atoms with E-state index in [2.05, 4.69) is 5.32 Å². The third-order valence-electron chi connectivity index (χ3n) is 6.56.